The molecule has 0 radical (unpaired) electrons. The van der Waals surface area contributed by atoms with Gasteiger partial charge in [-0.15, -0.1) is 0 Å². The van der Waals surface area contributed by atoms with Crippen molar-refractivity contribution in [2.45, 2.75) is 20.4 Å². The van der Waals surface area contributed by atoms with Crippen molar-refractivity contribution in [3.63, 3.8) is 0 Å². The topological polar surface area (TPSA) is 65.1 Å². The third kappa shape index (κ3) is 5.86. The molecule has 0 aliphatic carbocycles. The molecule has 1 amide bonds. The molecular formula is C23H23NO5S2. The number of ether oxygens (including phenoxy) is 3. The number of thioether (sulfide) groups is 1. The van der Waals surface area contributed by atoms with Crippen LogP contribution in [0.1, 0.15) is 23.6 Å². The quantitative estimate of drug-likeness (QED) is 0.332. The van der Waals surface area contributed by atoms with Crippen molar-refractivity contribution in [3.8, 4) is 11.5 Å². The Hall–Kier alpha value is -2.84. The van der Waals surface area contributed by atoms with Crippen molar-refractivity contribution >= 4 is 46.3 Å². The van der Waals surface area contributed by atoms with E-state index < -0.39 is 5.97 Å². The summed E-state index contributed by atoms with van der Waals surface area (Å²) in [5.74, 6) is 0.288. The predicted molar refractivity (Wildman–Crippen MR) is 125 cm³/mol. The van der Waals surface area contributed by atoms with Gasteiger partial charge >= 0.3 is 5.97 Å². The van der Waals surface area contributed by atoms with E-state index in [1.54, 1.807) is 36.1 Å². The molecule has 2 aromatic rings. The first-order valence-electron chi connectivity index (χ1n) is 9.68. The zero-order chi connectivity index (χ0) is 22.4. The van der Waals surface area contributed by atoms with Gasteiger partial charge in [0.05, 0.1) is 25.2 Å². The molecule has 0 atom stereocenters. The molecule has 0 spiro atoms. The van der Waals surface area contributed by atoms with E-state index >= 15 is 0 Å². The van der Waals surface area contributed by atoms with Crippen molar-refractivity contribution in [2.24, 2.45) is 0 Å². The highest BCUT2D eigenvalue weighted by atomic mass is 32.2. The van der Waals surface area contributed by atoms with Crippen LogP contribution in [0.4, 0.5) is 0 Å². The molecule has 1 aliphatic heterocycles. The molecule has 1 aliphatic rings. The summed E-state index contributed by atoms with van der Waals surface area (Å²) < 4.78 is 16.2. The van der Waals surface area contributed by atoms with Gasteiger partial charge < -0.3 is 14.2 Å². The summed E-state index contributed by atoms with van der Waals surface area (Å²) >= 11 is 6.70. The monoisotopic (exact) mass is 457 g/mol. The van der Waals surface area contributed by atoms with Gasteiger partial charge in [0.2, 0.25) is 0 Å². The summed E-state index contributed by atoms with van der Waals surface area (Å²) in [6.45, 7) is 4.28. The van der Waals surface area contributed by atoms with Gasteiger partial charge in [0.15, 0.2) is 18.1 Å². The van der Waals surface area contributed by atoms with Crippen LogP contribution in [0.25, 0.3) is 6.08 Å². The maximum atomic E-state index is 12.9. The SMILES string of the molecule is CCOC(=O)COc1ccc(C=C2SC(=S)N(Cc3ccc(C)cc3)C2=O)cc1OC. The number of nitrogens with zero attached hydrogens (tertiary/aromatic N) is 1. The molecule has 0 saturated carbocycles. The molecule has 0 aromatic heterocycles. The van der Waals surface area contributed by atoms with Gasteiger partial charge in [0, 0.05) is 0 Å². The number of hydrogen-bond donors (Lipinski definition) is 0. The lowest BCUT2D eigenvalue weighted by molar-refractivity contribution is -0.145. The van der Waals surface area contributed by atoms with Crippen molar-refractivity contribution in [3.05, 3.63) is 64.1 Å². The minimum Gasteiger partial charge on any atom is -0.493 e. The zero-order valence-corrected chi connectivity index (χ0v) is 19.2. The number of benzene rings is 2. The second kappa shape index (κ2) is 10.5. The maximum absolute atomic E-state index is 12.9. The van der Waals surface area contributed by atoms with E-state index in [1.165, 1.54) is 18.9 Å². The molecule has 2 aromatic carbocycles. The molecule has 6 nitrogen and oxygen atoms in total. The highest BCUT2D eigenvalue weighted by molar-refractivity contribution is 8.26. The number of esters is 1. The molecule has 3 rings (SSSR count). The summed E-state index contributed by atoms with van der Waals surface area (Å²) in [4.78, 5) is 26.5. The normalized spacial score (nSPS) is 14.8. The van der Waals surface area contributed by atoms with Crippen LogP contribution in [-0.4, -0.2) is 41.4 Å². The summed E-state index contributed by atoms with van der Waals surface area (Å²) in [6.07, 6.45) is 1.77. The van der Waals surface area contributed by atoms with Crippen LogP contribution in [0.3, 0.4) is 0 Å². The van der Waals surface area contributed by atoms with Crippen LogP contribution in [-0.2, 0) is 20.9 Å². The minimum atomic E-state index is -0.453. The third-order valence-electron chi connectivity index (χ3n) is 4.47. The fraction of sp³-hybridized carbons (Fsp3) is 0.261. The number of methoxy groups -OCH3 is 1. The first-order valence-corrected chi connectivity index (χ1v) is 10.9. The van der Waals surface area contributed by atoms with Gasteiger partial charge in [-0.05, 0) is 43.2 Å². The van der Waals surface area contributed by atoms with Gasteiger partial charge in [0.1, 0.15) is 4.32 Å². The van der Waals surface area contributed by atoms with Crippen LogP contribution < -0.4 is 9.47 Å². The number of carbonyl (C=O) groups is 2. The molecule has 0 bridgehead atoms. The summed E-state index contributed by atoms with van der Waals surface area (Å²) in [7, 11) is 1.51. The Labute approximate surface area is 191 Å². The van der Waals surface area contributed by atoms with E-state index in [9.17, 15) is 9.59 Å². The minimum absolute atomic E-state index is 0.128. The molecule has 8 heteroatoms. The van der Waals surface area contributed by atoms with Gasteiger partial charge in [-0.1, -0.05) is 59.9 Å². The largest absolute Gasteiger partial charge is 0.493 e. The molecular weight excluding hydrogens is 434 g/mol. The standard InChI is InChI=1S/C23H23NO5S2/c1-4-28-21(25)14-29-18-10-9-17(11-19(18)27-3)12-20-22(26)24(23(30)31-20)13-16-7-5-15(2)6-8-16/h5-12H,4,13-14H2,1-3H3. The van der Waals surface area contributed by atoms with Crippen LogP contribution in [0.2, 0.25) is 0 Å². The number of hydrogen-bond acceptors (Lipinski definition) is 7. The van der Waals surface area contributed by atoms with E-state index in [2.05, 4.69) is 0 Å². The number of thiocarbonyl (C=S) groups is 1. The molecule has 1 heterocycles. The van der Waals surface area contributed by atoms with Gasteiger partial charge in [-0.2, -0.15) is 0 Å². The average molecular weight is 458 g/mol. The van der Waals surface area contributed by atoms with E-state index in [4.69, 9.17) is 26.4 Å². The number of carbonyl (C=O) groups excluding carboxylic acids is 2. The summed E-state index contributed by atoms with van der Waals surface area (Å²) in [6, 6.07) is 13.2. The molecule has 31 heavy (non-hydrogen) atoms. The van der Waals surface area contributed by atoms with E-state index in [0.29, 0.717) is 33.9 Å². The van der Waals surface area contributed by atoms with Gasteiger partial charge in [-0.25, -0.2) is 4.79 Å². The lowest BCUT2D eigenvalue weighted by Crippen LogP contribution is -2.27. The van der Waals surface area contributed by atoms with Gasteiger partial charge in [0.25, 0.3) is 5.91 Å². The second-order valence-electron chi connectivity index (χ2n) is 6.76. The van der Waals surface area contributed by atoms with E-state index in [1.807, 2.05) is 31.2 Å². The lowest BCUT2D eigenvalue weighted by atomic mass is 10.1. The molecule has 1 fully saturated rings. The Balaban J connectivity index is 1.73. The third-order valence-corrected chi connectivity index (χ3v) is 5.85. The Kier molecular flexibility index (Phi) is 7.70. The number of aryl methyl sites for hydroxylation is 1. The summed E-state index contributed by atoms with van der Waals surface area (Å²) in [5.41, 5.74) is 2.95. The maximum Gasteiger partial charge on any atom is 0.344 e. The van der Waals surface area contributed by atoms with Crippen LogP contribution in [0.5, 0.6) is 11.5 Å². The molecule has 162 valence electrons. The Morgan fingerprint density at radius 2 is 1.90 bits per heavy atom. The Bertz CT molecular complexity index is 1020. The van der Waals surface area contributed by atoms with E-state index in [-0.39, 0.29) is 12.5 Å². The van der Waals surface area contributed by atoms with Crippen molar-refractivity contribution in [1.82, 2.24) is 4.90 Å². The second-order valence-corrected chi connectivity index (χ2v) is 8.43. The number of amides is 1. The van der Waals surface area contributed by atoms with Crippen LogP contribution >= 0.6 is 24.0 Å². The first kappa shape index (κ1) is 22.8. The number of rotatable bonds is 8. The van der Waals surface area contributed by atoms with Crippen molar-refractivity contribution in [1.29, 1.82) is 0 Å². The molecule has 0 N–H and O–H groups in total. The highest BCUT2D eigenvalue weighted by Crippen LogP contribution is 2.35. The van der Waals surface area contributed by atoms with E-state index in [0.717, 1.165) is 16.7 Å². The van der Waals surface area contributed by atoms with Crippen LogP contribution in [0, 0.1) is 6.92 Å². The zero-order valence-electron chi connectivity index (χ0n) is 17.5. The Morgan fingerprint density at radius 1 is 1.16 bits per heavy atom. The molecule has 1 saturated heterocycles. The molecule has 0 unspecified atom stereocenters. The fourth-order valence-electron chi connectivity index (χ4n) is 2.90. The average Bonchev–Trinajstić information content (AvgIpc) is 3.01. The van der Waals surface area contributed by atoms with Crippen molar-refractivity contribution in [2.75, 3.05) is 20.3 Å². The highest BCUT2D eigenvalue weighted by Gasteiger charge is 2.32. The summed E-state index contributed by atoms with van der Waals surface area (Å²) in [5, 5.41) is 0. The first-order chi connectivity index (χ1) is 14.9. The van der Waals surface area contributed by atoms with Crippen molar-refractivity contribution < 1.29 is 23.8 Å². The lowest BCUT2D eigenvalue weighted by Gasteiger charge is -2.14. The predicted octanol–water partition coefficient (Wildman–Crippen LogP) is 4.35. The Morgan fingerprint density at radius 3 is 2.58 bits per heavy atom. The smallest absolute Gasteiger partial charge is 0.344 e. The van der Waals surface area contributed by atoms with Gasteiger partial charge in [-0.3, -0.25) is 9.69 Å². The fourth-order valence-corrected chi connectivity index (χ4v) is 4.15. The van der Waals surface area contributed by atoms with Crippen LogP contribution in [0.15, 0.2) is 47.4 Å².